The smallest absolute Gasteiger partial charge is 0.146 e. The number of pyridine rings is 3. The molecule has 0 aliphatic carbocycles. The minimum Gasteiger partial charge on any atom is -0.292 e. The lowest BCUT2D eigenvalue weighted by Crippen LogP contribution is -2.01. The highest BCUT2D eigenvalue weighted by Gasteiger charge is 2.21. The second kappa shape index (κ2) is 7.98. The minimum atomic E-state index is 0.874. The molecule has 0 amide bonds. The second-order valence-corrected chi connectivity index (χ2v) is 10.1. The molecule has 0 atom stereocenters. The van der Waals surface area contributed by atoms with E-state index < -0.39 is 0 Å². The average Bonchev–Trinajstić information content (AvgIpc) is 3.58. The molecule has 0 unspecified atom stereocenters. The van der Waals surface area contributed by atoms with Crippen molar-refractivity contribution in [1.82, 2.24) is 23.9 Å². The number of hydrogen-bond acceptors (Lipinski definition) is 3. The lowest BCUT2D eigenvalue weighted by Gasteiger charge is -2.14. The number of imidazole rings is 1. The third-order valence-electron chi connectivity index (χ3n) is 7.99. The number of benzene rings is 4. The Morgan fingerprint density at radius 2 is 1.18 bits per heavy atom. The van der Waals surface area contributed by atoms with Gasteiger partial charge in [0.1, 0.15) is 11.5 Å². The van der Waals surface area contributed by atoms with Crippen LogP contribution in [0.5, 0.6) is 0 Å². The Labute approximate surface area is 228 Å². The van der Waals surface area contributed by atoms with Gasteiger partial charge < -0.3 is 0 Å². The molecule has 5 aromatic heterocycles. The van der Waals surface area contributed by atoms with Crippen LogP contribution in [0.15, 0.2) is 128 Å². The van der Waals surface area contributed by atoms with Crippen LogP contribution in [0.1, 0.15) is 0 Å². The van der Waals surface area contributed by atoms with E-state index in [-0.39, 0.29) is 0 Å². The average molecular weight is 512 g/mol. The standard InChI is InChI=1S/C35H21N5/c1-2-10-27-23(8-1)25-16-17-26-24-9-3-5-13-30(24)39(32-15-7-12-28(37-32)22-18-20-36-21-19-22)33(26)34(25)40-31-14-6-4-11-29(31)38-35(27)40/h1-21H. The molecule has 5 heteroatoms. The van der Waals surface area contributed by atoms with Crippen LogP contribution in [0.3, 0.4) is 0 Å². The van der Waals surface area contributed by atoms with Crippen LogP contribution in [0.4, 0.5) is 0 Å². The molecule has 40 heavy (non-hydrogen) atoms. The number of rotatable bonds is 2. The van der Waals surface area contributed by atoms with Crippen molar-refractivity contribution in [3.05, 3.63) is 128 Å². The Morgan fingerprint density at radius 3 is 2.02 bits per heavy atom. The first kappa shape index (κ1) is 21.4. The van der Waals surface area contributed by atoms with E-state index in [2.05, 4.69) is 117 Å². The third-order valence-corrected chi connectivity index (χ3v) is 7.99. The molecule has 9 aromatic rings. The monoisotopic (exact) mass is 511 g/mol. The molecule has 0 aliphatic heterocycles. The molecule has 186 valence electrons. The zero-order chi connectivity index (χ0) is 26.2. The zero-order valence-corrected chi connectivity index (χ0v) is 21.4. The first-order chi connectivity index (χ1) is 19.9. The predicted octanol–water partition coefficient (Wildman–Crippen LogP) is 8.35. The van der Waals surface area contributed by atoms with Crippen LogP contribution in [-0.2, 0) is 0 Å². The van der Waals surface area contributed by atoms with Gasteiger partial charge in [-0.25, -0.2) is 9.97 Å². The molecule has 0 bridgehead atoms. The maximum atomic E-state index is 5.20. The summed E-state index contributed by atoms with van der Waals surface area (Å²) in [7, 11) is 0. The van der Waals surface area contributed by atoms with E-state index in [1.54, 1.807) is 0 Å². The van der Waals surface area contributed by atoms with Gasteiger partial charge in [-0.2, -0.15) is 0 Å². The summed E-state index contributed by atoms with van der Waals surface area (Å²) in [5.74, 6) is 0.874. The van der Waals surface area contributed by atoms with Gasteiger partial charge in [-0.3, -0.25) is 14.0 Å². The van der Waals surface area contributed by atoms with Gasteiger partial charge in [0, 0.05) is 39.5 Å². The number of aromatic nitrogens is 5. The maximum Gasteiger partial charge on any atom is 0.146 e. The second-order valence-electron chi connectivity index (χ2n) is 10.1. The van der Waals surface area contributed by atoms with Gasteiger partial charge in [-0.15, -0.1) is 0 Å². The summed E-state index contributed by atoms with van der Waals surface area (Å²) >= 11 is 0. The van der Waals surface area contributed by atoms with E-state index in [1.165, 1.54) is 21.5 Å². The number of hydrogen-bond donors (Lipinski definition) is 0. The normalized spacial score (nSPS) is 12.0. The van der Waals surface area contributed by atoms with Crippen molar-refractivity contribution in [1.29, 1.82) is 0 Å². The highest BCUT2D eigenvalue weighted by molar-refractivity contribution is 6.24. The van der Waals surface area contributed by atoms with Crippen molar-refractivity contribution < 1.29 is 0 Å². The van der Waals surface area contributed by atoms with Crippen LogP contribution >= 0.6 is 0 Å². The van der Waals surface area contributed by atoms with Gasteiger partial charge in [-0.05, 0) is 47.9 Å². The van der Waals surface area contributed by atoms with Crippen molar-refractivity contribution in [2.45, 2.75) is 0 Å². The van der Waals surface area contributed by atoms with E-state index in [0.717, 1.165) is 55.7 Å². The molecule has 4 aromatic carbocycles. The Morgan fingerprint density at radius 1 is 0.475 bits per heavy atom. The Kier molecular flexibility index (Phi) is 4.27. The van der Waals surface area contributed by atoms with E-state index >= 15 is 0 Å². The molecule has 0 fully saturated rings. The Hall–Kier alpha value is -5.55. The largest absolute Gasteiger partial charge is 0.292 e. The molecular formula is C35H21N5. The Balaban J connectivity index is 1.54. The molecule has 0 saturated heterocycles. The van der Waals surface area contributed by atoms with Gasteiger partial charge in [0.25, 0.3) is 0 Å². The fraction of sp³-hybridized carbons (Fsp3) is 0. The van der Waals surface area contributed by atoms with Crippen molar-refractivity contribution in [2.24, 2.45) is 0 Å². The first-order valence-electron chi connectivity index (χ1n) is 13.4. The summed E-state index contributed by atoms with van der Waals surface area (Å²) < 4.78 is 4.66. The van der Waals surface area contributed by atoms with Crippen molar-refractivity contribution in [3.8, 4) is 17.1 Å². The predicted molar refractivity (Wildman–Crippen MR) is 163 cm³/mol. The van der Waals surface area contributed by atoms with Crippen LogP contribution < -0.4 is 0 Å². The van der Waals surface area contributed by atoms with Gasteiger partial charge in [0.05, 0.1) is 33.3 Å². The fourth-order valence-electron chi connectivity index (χ4n) is 6.30. The quantitative estimate of drug-likeness (QED) is 0.219. The molecule has 5 nitrogen and oxygen atoms in total. The molecule has 0 saturated carbocycles. The molecule has 0 N–H and O–H groups in total. The summed E-state index contributed by atoms with van der Waals surface area (Å²) in [6.45, 7) is 0. The van der Waals surface area contributed by atoms with E-state index in [9.17, 15) is 0 Å². The van der Waals surface area contributed by atoms with E-state index in [4.69, 9.17) is 9.97 Å². The maximum absolute atomic E-state index is 5.20. The van der Waals surface area contributed by atoms with Crippen LogP contribution in [0.2, 0.25) is 0 Å². The van der Waals surface area contributed by atoms with E-state index in [1.807, 2.05) is 24.5 Å². The van der Waals surface area contributed by atoms with Gasteiger partial charge in [0.2, 0.25) is 0 Å². The summed E-state index contributed by atoms with van der Waals surface area (Å²) in [4.78, 5) is 14.5. The van der Waals surface area contributed by atoms with Crippen molar-refractivity contribution >= 4 is 60.2 Å². The number of para-hydroxylation sites is 3. The summed E-state index contributed by atoms with van der Waals surface area (Å²) in [6, 6.07) is 40.4. The molecule has 0 radical (unpaired) electrons. The third kappa shape index (κ3) is 2.83. The molecule has 0 aliphatic rings. The van der Waals surface area contributed by atoms with Gasteiger partial charge in [-0.1, -0.05) is 72.8 Å². The summed E-state index contributed by atoms with van der Waals surface area (Å²) in [6.07, 6.45) is 3.62. The lowest BCUT2D eigenvalue weighted by molar-refractivity contribution is 1.08. The Bertz CT molecular complexity index is 2430. The summed E-state index contributed by atoms with van der Waals surface area (Å²) in [5.41, 5.74) is 8.37. The topological polar surface area (TPSA) is 48.0 Å². The highest BCUT2D eigenvalue weighted by Crippen LogP contribution is 2.40. The molecular weight excluding hydrogens is 490 g/mol. The number of nitrogens with zero attached hydrogens (tertiary/aromatic N) is 5. The minimum absolute atomic E-state index is 0.874. The number of fused-ring (bicyclic) bond motifs is 12. The lowest BCUT2D eigenvalue weighted by atomic mass is 10.0. The molecule has 5 heterocycles. The summed E-state index contributed by atoms with van der Waals surface area (Å²) in [5, 5.41) is 5.91. The zero-order valence-electron chi connectivity index (χ0n) is 21.4. The van der Waals surface area contributed by atoms with Crippen LogP contribution in [0, 0.1) is 0 Å². The molecule has 0 spiro atoms. The SMILES string of the molecule is c1cc(-c2ccncc2)nc(-n2c3ccccc3c3ccc4c5ccccc5c5nc6ccccc6n5c4c32)c1. The first-order valence-corrected chi connectivity index (χ1v) is 13.4. The highest BCUT2D eigenvalue weighted by atomic mass is 15.1. The fourth-order valence-corrected chi connectivity index (χ4v) is 6.30. The molecule has 9 rings (SSSR count). The van der Waals surface area contributed by atoms with E-state index in [0.29, 0.717) is 0 Å². The van der Waals surface area contributed by atoms with Crippen LogP contribution in [0.25, 0.3) is 77.2 Å². The van der Waals surface area contributed by atoms with Crippen molar-refractivity contribution in [3.63, 3.8) is 0 Å². The van der Waals surface area contributed by atoms with Crippen LogP contribution in [-0.4, -0.2) is 23.9 Å². The van der Waals surface area contributed by atoms with Crippen molar-refractivity contribution in [2.75, 3.05) is 0 Å². The van der Waals surface area contributed by atoms with Gasteiger partial charge in [0.15, 0.2) is 0 Å². The van der Waals surface area contributed by atoms with Gasteiger partial charge >= 0.3 is 0 Å².